The number of hydrogen-bond acceptors (Lipinski definition) is 7. The average molecular weight is 343 g/mol. The van der Waals surface area contributed by atoms with Gasteiger partial charge in [-0.25, -0.2) is 9.97 Å². The second-order valence-electron chi connectivity index (χ2n) is 5.92. The largest absolute Gasteiger partial charge is 0.461 e. The number of nitrogens with zero attached hydrogens (tertiary/aromatic N) is 4. The van der Waals surface area contributed by atoms with Crippen LogP contribution >= 0.6 is 0 Å². The lowest BCUT2D eigenvalue weighted by atomic mass is 10.1. The van der Waals surface area contributed by atoms with E-state index in [-0.39, 0.29) is 0 Å². The summed E-state index contributed by atoms with van der Waals surface area (Å²) in [4.78, 5) is 12.2. The molecule has 126 valence electrons. The number of aromatic nitrogens is 4. The van der Waals surface area contributed by atoms with Crippen LogP contribution in [-0.4, -0.2) is 20.1 Å². The molecule has 0 spiro atoms. The molecule has 7 heteroatoms. The zero-order valence-electron chi connectivity index (χ0n) is 13.6. The number of nitrogen functional groups attached to an aromatic ring is 1. The van der Waals surface area contributed by atoms with Gasteiger partial charge < -0.3 is 14.7 Å². The smallest absolute Gasteiger partial charge is 0.234 e. The predicted molar refractivity (Wildman–Crippen MR) is 96.3 cm³/mol. The van der Waals surface area contributed by atoms with E-state index in [9.17, 15) is 0 Å². The van der Waals surface area contributed by atoms with E-state index in [2.05, 4.69) is 32.2 Å². The van der Waals surface area contributed by atoms with Crippen LogP contribution in [0.15, 0.2) is 63.9 Å². The van der Waals surface area contributed by atoms with Gasteiger partial charge in [0.2, 0.25) is 11.7 Å². The van der Waals surface area contributed by atoms with Crippen LogP contribution in [0.3, 0.4) is 0 Å². The van der Waals surface area contributed by atoms with Gasteiger partial charge in [-0.15, -0.1) is 0 Å². The second kappa shape index (κ2) is 5.66. The van der Waals surface area contributed by atoms with Gasteiger partial charge in [0.25, 0.3) is 0 Å². The van der Waals surface area contributed by atoms with Crippen molar-refractivity contribution in [2.45, 2.75) is 6.42 Å². The van der Waals surface area contributed by atoms with Gasteiger partial charge in [0, 0.05) is 11.6 Å². The fourth-order valence-electron chi connectivity index (χ4n) is 3.03. The molecule has 0 atom stereocenters. The van der Waals surface area contributed by atoms with Gasteiger partial charge in [-0.3, -0.25) is 0 Å². The van der Waals surface area contributed by atoms with Crippen molar-refractivity contribution < 1.29 is 8.94 Å². The molecule has 5 aromatic rings. The lowest BCUT2D eigenvalue weighted by molar-refractivity contribution is 0.377. The summed E-state index contributed by atoms with van der Waals surface area (Å²) < 4.78 is 11.3. The van der Waals surface area contributed by atoms with E-state index in [1.807, 2.05) is 30.3 Å². The van der Waals surface area contributed by atoms with Crippen LogP contribution in [0.5, 0.6) is 0 Å². The highest BCUT2D eigenvalue weighted by Gasteiger charge is 2.15. The number of hydrogen-bond donors (Lipinski definition) is 1. The molecule has 2 aromatic carbocycles. The molecule has 7 nitrogen and oxygen atoms in total. The van der Waals surface area contributed by atoms with Gasteiger partial charge in [0.05, 0.1) is 12.0 Å². The van der Waals surface area contributed by atoms with E-state index in [1.54, 1.807) is 6.20 Å². The highest BCUT2D eigenvalue weighted by molar-refractivity contribution is 6.05. The molecule has 3 heterocycles. The summed E-state index contributed by atoms with van der Waals surface area (Å²) in [5, 5.41) is 7.35. The van der Waals surface area contributed by atoms with Crippen LogP contribution < -0.4 is 5.73 Å². The molecule has 0 aliphatic rings. The quantitative estimate of drug-likeness (QED) is 0.533. The predicted octanol–water partition coefficient (Wildman–Crippen LogP) is 3.60. The van der Waals surface area contributed by atoms with Crippen molar-refractivity contribution in [1.29, 1.82) is 0 Å². The minimum Gasteiger partial charge on any atom is -0.461 e. The van der Waals surface area contributed by atoms with Crippen LogP contribution in [-0.2, 0) is 6.42 Å². The molecule has 0 fully saturated rings. The number of benzene rings is 2. The number of nitrogens with two attached hydrogens (primary N) is 1. The first-order chi connectivity index (χ1) is 12.8. The van der Waals surface area contributed by atoms with Gasteiger partial charge in [-0.05, 0) is 22.9 Å². The SMILES string of the molecule is Nc1ncncc1-c1noc(Cc2cc3c(ccc4ccccc43)o2)n1. The van der Waals surface area contributed by atoms with Crippen LogP contribution in [0.4, 0.5) is 5.82 Å². The standard InChI is InChI=1S/C19H13N5O2/c20-18-15(9-21-10-22-18)19-23-17(26-24-19)8-12-7-14-13-4-2-1-3-11(13)5-6-16(14)25-12/h1-7,9-10H,8H2,(H2,20,21,22). The van der Waals surface area contributed by atoms with Crippen LogP contribution in [0.25, 0.3) is 33.1 Å². The number of furan rings is 1. The summed E-state index contributed by atoms with van der Waals surface area (Å²) in [7, 11) is 0. The lowest BCUT2D eigenvalue weighted by Crippen LogP contribution is -1.96. The summed E-state index contributed by atoms with van der Waals surface area (Å²) in [5.74, 6) is 1.86. The molecule has 0 unspecified atom stereocenters. The molecule has 0 bridgehead atoms. The molecular weight excluding hydrogens is 330 g/mol. The van der Waals surface area contributed by atoms with Crippen molar-refractivity contribution in [2.24, 2.45) is 0 Å². The molecular formula is C19H13N5O2. The van der Waals surface area contributed by atoms with Gasteiger partial charge in [-0.2, -0.15) is 4.98 Å². The third-order valence-electron chi connectivity index (χ3n) is 4.25. The molecule has 5 rings (SSSR count). The summed E-state index contributed by atoms with van der Waals surface area (Å²) >= 11 is 0. The maximum atomic E-state index is 5.94. The highest BCUT2D eigenvalue weighted by Crippen LogP contribution is 2.29. The van der Waals surface area contributed by atoms with E-state index in [0.29, 0.717) is 29.5 Å². The fraction of sp³-hybridized carbons (Fsp3) is 0.0526. The summed E-state index contributed by atoms with van der Waals surface area (Å²) in [6, 6.07) is 14.2. The van der Waals surface area contributed by atoms with Crippen molar-refractivity contribution in [2.75, 3.05) is 5.73 Å². The van der Waals surface area contributed by atoms with Gasteiger partial charge in [0.1, 0.15) is 23.5 Å². The van der Waals surface area contributed by atoms with Crippen LogP contribution in [0.2, 0.25) is 0 Å². The van der Waals surface area contributed by atoms with Crippen molar-refractivity contribution in [3.05, 3.63) is 66.6 Å². The van der Waals surface area contributed by atoms with E-state index >= 15 is 0 Å². The van der Waals surface area contributed by atoms with Gasteiger partial charge >= 0.3 is 0 Å². The number of anilines is 1. The van der Waals surface area contributed by atoms with Gasteiger partial charge in [-0.1, -0.05) is 35.5 Å². The Morgan fingerprint density at radius 3 is 2.88 bits per heavy atom. The Balaban J connectivity index is 1.50. The molecule has 0 amide bonds. The molecule has 3 aromatic heterocycles. The first-order valence-corrected chi connectivity index (χ1v) is 8.06. The number of fused-ring (bicyclic) bond motifs is 3. The van der Waals surface area contributed by atoms with Crippen molar-refractivity contribution in [3.8, 4) is 11.4 Å². The lowest BCUT2D eigenvalue weighted by Gasteiger charge is -1.96. The van der Waals surface area contributed by atoms with Crippen molar-refractivity contribution in [1.82, 2.24) is 20.1 Å². The Hall–Kier alpha value is -3.74. The highest BCUT2D eigenvalue weighted by atomic mass is 16.5. The molecule has 0 saturated carbocycles. The van der Waals surface area contributed by atoms with E-state index in [0.717, 1.165) is 22.1 Å². The van der Waals surface area contributed by atoms with Crippen molar-refractivity contribution >= 4 is 27.6 Å². The first kappa shape index (κ1) is 14.6. The zero-order valence-corrected chi connectivity index (χ0v) is 13.6. The summed E-state index contributed by atoms with van der Waals surface area (Å²) in [6.45, 7) is 0. The Morgan fingerprint density at radius 2 is 1.96 bits per heavy atom. The molecule has 0 saturated heterocycles. The maximum absolute atomic E-state index is 5.94. The molecule has 2 N–H and O–H groups in total. The number of rotatable bonds is 3. The average Bonchev–Trinajstić information content (AvgIpc) is 3.29. The normalized spacial score (nSPS) is 11.4. The van der Waals surface area contributed by atoms with Crippen molar-refractivity contribution in [3.63, 3.8) is 0 Å². The van der Waals surface area contributed by atoms with E-state index < -0.39 is 0 Å². The topological polar surface area (TPSA) is 104 Å². The van der Waals surface area contributed by atoms with Crippen LogP contribution in [0, 0.1) is 0 Å². The molecule has 0 radical (unpaired) electrons. The second-order valence-corrected chi connectivity index (χ2v) is 5.92. The zero-order chi connectivity index (χ0) is 17.5. The van der Waals surface area contributed by atoms with E-state index in [4.69, 9.17) is 14.7 Å². The summed E-state index contributed by atoms with van der Waals surface area (Å²) in [6.07, 6.45) is 3.33. The Bertz CT molecular complexity index is 1240. The fourth-order valence-corrected chi connectivity index (χ4v) is 3.03. The first-order valence-electron chi connectivity index (χ1n) is 8.06. The minimum atomic E-state index is 0.308. The maximum Gasteiger partial charge on any atom is 0.234 e. The molecule has 0 aliphatic heterocycles. The van der Waals surface area contributed by atoms with Crippen LogP contribution in [0.1, 0.15) is 11.7 Å². The molecule has 0 aliphatic carbocycles. The minimum absolute atomic E-state index is 0.308. The molecule has 26 heavy (non-hydrogen) atoms. The third kappa shape index (κ3) is 2.37. The van der Waals surface area contributed by atoms with Gasteiger partial charge in [0.15, 0.2) is 0 Å². The summed E-state index contributed by atoms with van der Waals surface area (Å²) in [5.41, 5.74) is 7.20. The Morgan fingerprint density at radius 1 is 1.04 bits per heavy atom. The Labute approximate surface area is 147 Å². The third-order valence-corrected chi connectivity index (χ3v) is 4.25. The Kier molecular flexibility index (Phi) is 3.18. The van der Waals surface area contributed by atoms with E-state index in [1.165, 1.54) is 11.7 Å². The monoisotopic (exact) mass is 343 g/mol.